The quantitative estimate of drug-likeness (QED) is 0.712. The fourth-order valence-corrected chi connectivity index (χ4v) is 2.14. The molecule has 0 aliphatic carbocycles. The lowest BCUT2D eigenvalue weighted by Crippen LogP contribution is -1.97. The van der Waals surface area contributed by atoms with Crippen LogP contribution < -0.4 is 9.47 Å². The molecule has 0 aromatic heterocycles. The summed E-state index contributed by atoms with van der Waals surface area (Å²) in [4.78, 5) is 0. The minimum absolute atomic E-state index is 0.466. The molecule has 0 radical (unpaired) electrons. The number of benzene rings is 1. The van der Waals surface area contributed by atoms with Gasteiger partial charge in [0, 0.05) is 0 Å². The molecule has 2 rings (SSSR count). The van der Waals surface area contributed by atoms with Gasteiger partial charge >= 0.3 is 0 Å². The topological polar surface area (TPSA) is 31.0 Å². The van der Waals surface area contributed by atoms with Gasteiger partial charge < -0.3 is 14.2 Å². The van der Waals surface area contributed by atoms with E-state index in [0.717, 1.165) is 30.8 Å². The van der Waals surface area contributed by atoms with Crippen molar-refractivity contribution in [3.05, 3.63) is 23.8 Å². The maximum Gasteiger partial charge on any atom is 0.160 e. The molecule has 1 heterocycles. The Bertz CT molecular complexity index is 376. The van der Waals surface area contributed by atoms with Crippen LogP contribution in [-0.4, -0.2) is 26.4 Å². The summed E-state index contributed by atoms with van der Waals surface area (Å²) in [5.41, 5.74) is 1.27. The van der Waals surface area contributed by atoms with Crippen LogP contribution in [0.15, 0.2) is 18.2 Å². The fourth-order valence-electron chi connectivity index (χ4n) is 2.14. The molecule has 94 valence electrons. The van der Waals surface area contributed by atoms with Gasteiger partial charge in [0.2, 0.25) is 0 Å². The molecular formula is C14H20O3. The van der Waals surface area contributed by atoms with Crippen molar-refractivity contribution in [1.82, 2.24) is 0 Å². The van der Waals surface area contributed by atoms with E-state index in [9.17, 15) is 0 Å². The van der Waals surface area contributed by atoms with Gasteiger partial charge in [-0.2, -0.15) is 0 Å². The van der Waals surface area contributed by atoms with Crippen LogP contribution >= 0.6 is 0 Å². The van der Waals surface area contributed by atoms with Gasteiger partial charge in [0.25, 0.3) is 0 Å². The van der Waals surface area contributed by atoms with E-state index in [0.29, 0.717) is 12.2 Å². The van der Waals surface area contributed by atoms with Gasteiger partial charge in [0.15, 0.2) is 11.5 Å². The molecule has 0 saturated carbocycles. The second-order valence-electron chi connectivity index (χ2n) is 4.35. The molecule has 2 unspecified atom stereocenters. The minimum atomic E-state index is 0.466. The van der Waals surface area contributed by atoms with Gasteiger partial charge in [0.1, 0.15) is 0 Å². The zero-order valence-electron chi connectivity index (χ0n) is 10.7. The number of aryl methyl sites for hydroxylation is 1. The Labute approximate surface area is 103 Å². The Morgan fingerprint density at radius 1 is 1.12 bits per heavy atom. The maximum atomic E-state index is 5.53. The maximum absolute atomic E-state index is 5.53. The van der Waals surface area contributed by atoms with Crippen LogP contribution in [0.5, 0.6) is 11.5 Å². The third-order valence-electron chi connectivity index (χ3n) is 3.26. The van der Waals surface area contributed by atoms with E-state index in [1.165, 1.54) is 5.56 Å². The van der Waals surface area contributed by atoms with Gasteiger partial charge in [-0.3, -0.25) is 0 Å². The second-order valence-corrected chi connectivity index (χ2v) is 4.35. The van der Waals surface area contributed by atoms with Crippen molar-refractivity contribution in [2.24, 2.45) is 0 Å². The normalized spacial score (nSPS) is 22.3. The SMILES string of the molecule is CCC1OC1CCc1ccc(OC)c(OC)c1. The number of epoxide rings is 1. The zero-order chi connectivity index (χ0) is 12.3. The Morgan fingerprint density at radius 3 is 2.47 bits per heavy atom. The summed E-state index contributed by atoms with van der Waals surface area (Å²) >= 11 is 0. The van der Waals surface area contributed by atoms with Crippen LogP contribution in [0.4, 0.5) is 0 Å². The zero-order valence-corrected chi connectivity index (χ0v) is 10.7. The van der Waals surface area contributed by atoms with E-state index in [1.54, 1.807) is 14.2 Å². The number of ether oxygens (including phenoxy) is 3. The van der Waals surface area contributed by atoms with Crippen molar-refractivity contribution in [1.29, 1.82) is 0 Å². The molecule has 1 saturated heterocycles. The summed E-state index contributed by atoms with van der Waals surface area (Å²) in [5.74, 6) is 1.58. The Morgan fingerprint density at radius 2 is 1.88 bits per heavy atom. The van der Waals surface area contributed by atoms with Crippen LogP contribution in [0.2, 0.25) is 0 Å². The highest BCUT2D eigenvalue weighted by Gasteiger charge is 2.35. The van der Waals surface area contributed by atoms with Crippen molar-refractivity contribution in [2.75, 3.05) is 14.2 Å². The molecule has 0 bridgehead atoms. The number of rotatable bonds is 6. The molecule has 1 aromatic rings. The summed E-state index contributed by atoms with van der Waals surface area (Å²) in [6.45, 7) is 2.17. The van der Waals surface area contributed by atoms with Crippen LogP contribution in [0.1, 0.15) is 25.3 Å². The van der Waals surface area contributed by atoms with Gasteiger partial charge in [-0.05, 0) is 37.0 Å². The molecule has 1 aromatic carbocycles. The lowest BCUT2D eigenvalue weighted by Gasteiger charge is -2.09. The van der Waals surface area contributed by atoms with Crippen molar-refractivity contribution in [2.45, 2.75) is 38.4 Å². The molecular weight excluding hydrogens is 216 g/mol. The monoisotopic (exact) mass is 236 g/mol. The largest absolute Gasteiger partial charge is 0.493 e. The molecule has 17 heavy (non-hydrogen) atoms. The van der Waals surface area contributed by atoms with Crippen LogP contribution in [-0.2, 0) is 11.2 Å². The molecule has 0 spiro atoms. The molecule has 2 atom stereocenters. The smallest absolute Gasteiger partial charge is 0.160 e. The highest BCUT2D eigenvalue weighted by Crippen LogP contribution is 2.31. The minimum Gasteiger partial charge on any atom is -0.493 e. The summed E-state index contributed by atoms with van der Waals surface area (Å²) in [6.07, 6.45) is 4.20. The first kappa shape index (κ1) is 12.2. The van der Waals surface area contributed by atoms with Gasteiger partial charge in [0.05, 0.1) is 26.4 Å². The summed E-state index contributed by atoms with van der Waals surface area (Å²) in [6, 6.07) is 6.09. The van der Waals surface area contributed by atoms with Gasteiger partial charge in [-0.1, -0.05) is 13.0 Å². The van der Waals surface area contributed by atoms with Crippen LogP contribution in [0.25, 0.3) is 0 Å². The summed E-state index contributed by atoms with van der Waals surface area (Å²) in [7, 11) is 3.32. The Balaban J connectivity index is 1.92. The molecule has 1 aliphatic rings. The van der Waals surface area contributed by atoms with Crippen LogP contribution in [0.3, 0.4) is 0 Å². The molecule has 0 amide bonds. The van der Waals surface area contributed by atoms with Crippen molar-refractivity contribution < 1.29 is 14.2 Å². The molecule has 1 fully saturated rings. The molecule has 3 heteroatoms. The lowest BCUT2D eigenvalue weighted by molar-refractivity contribution is 0.353. The van der Waals surface area contributed by atoms with Crippen LogP contribution in [0, 0.1) is 0 Å². The number of hydrogen-bond donors (Lipinski definition) is 0. The average molecular weight is 236 g/mol. The molecule has 1 aliphatic heterocycles. The first-order chi connectivity index (χ1) is 8.28. The lowest BCUT2D eigenvalue weighted by atomic mass is 10.1. The first-order valence-corrected chi connectivity index (χ1v) is 6.14. The fraction of sp³-hybridized carbons (Fsp3) is 0.571. The van der Waals surface area contributed by atoms with Crippen molar-refractivity contribution in [3.8, 4) is 11.5 Å². The highest BCUT2D eigenvalue weighted by molar-refractivity contribution is 5.42. The molecule has 0 N–H and O–H groups in total. The van der Waals surface area contributed by atoms with Gasteiger partial charge in [-0.15, -0.1) is 0 Å². The van der Waals surface area contributed by atoms with Crippen molar-refractivity contribution in [3.63, 3.8) is 0 Å². The second kappa shape index (κ2) is 5.41. The third kappa shape index (κ3) is 2.91. The van der Waals surface area contributed by atoms with Gasteiger partial charge in [-0.25, -0.2) is 0 Å². The van der Waals surface area contributed by atoms with E-state index in [4.69, 9.17) is 14.2 Å². The predicted molar refractivity (Wildman–Crippen MR) is 66.8 cm³/mol. The number of methoxy groups -OCH3 is 2. The van der Waals surface area contributed by atoms with E-state index >= 15 is 0 Å². The average Bonchev–Trinajstić information content (AvgIpc) is 3.14. The third-order valence-corrected chi connectivity index (χ3v) is 3.26. The highest BCUT2D eigenvalue weighted by atomic mass is 16.6. The molecule has 3 nitrogen and oxygen atoms in total. The summed E-state index contributed by atoms with van der Waals surface area (Å²) in [5, 5.41) is 0. The van der Waals surface area contributed by atoms with E-state index < -0.39 is 0 Å². The number of hydrogen-bond acceptors (Lipinski definition) is 3. The predicted octanol–water partition coefficient (Wildman–Crippen LogP) is 2.81. The van der Waals surface area contributed by atoms with E-state index in [1.807, 2.05) is 12.1 Å². The summed E-state index contributed by atoms with van der Waals surface area (Å²) < 4.78 is 16.0. The Kier molecular flexibility index (Phi) is 3.89. The van der Waals surface area contributed by atoms with E-state index in [-0.39, 0.29) is 0 Å². The van der Waals surface area contributed by atoms with Crippen molar-refractivity contribution >= 4 is 0 Å². The first-order valence-electron chi connectivity index (χ1n) is 6.14. The van der Waals surface area contributed by atoms with E-state index in [2.05, 4.69) is 13.0 Å². The Hall–Kier alpha value is -1.22. The standard InChI is InChI=1S/C14H20O3/c1-4-11-13(17-11)8-6-10-5-7-12(15-2)14(9-10)16-3/h5,7,9,11,13H,4,6,8H2,1-3H3.